The first kappa shape index (κ1) is 8.15. The van der Waals surface area contributed by atoms with Crippen LogP contribution in [0.15, 0.2) is 36.0 Å². The van der Waals surface area contributed by atoms with E-state index in [0.717, 1.165) is 18.6 Å². The molecule has 1 heteroatoms. The summed E-state index contributed by atoms with van der Waals surface area (Å²) in [5.41, 5.74) is 2.37. The van der Waals surface area contributed by atoms with E-state index in [2.05, 4.69) is 18.7 Å². The molecule has 0 atom stereocenters. The van der Waals surface area contributed by atoms with Crippen LogP contribution >= 0.6 is 0 Å². The van der Waals surface area contributed by atoms with E-state index in [-0.39, 0.29) is 0 Å². The molecule has 0 saturated carbocycles. The number of ether oxygens (including phenoxy) is 1. The van der Waals surface area contributed by atoms with E-state index < -0.39 is 0 Å². The second-order valence-corrected chi connectivity index (χ2v) is 2.56. The third-order valence-corrected chi connectivity index (χ3v) is 1.62. The van der Waals surface area contributed by atoms with Crippen LogP contribution in [0.25, 0.3) is 0 Å². The second kappa shape index (κ2) is 4.04. The lowest BCUT2D eigenvalue weighted by Gasteiger charge is -2.00. The van der Waals surface area contributed by atoms with Gasteiger partial charge in [-0.3, -0.25) is 0 Å². The van der Waals surface area contributed by atoms with Gasteiger partial charge in [0.05, 0.1) is 12.2 Å². The van der Waals surface area contributed by atoms with Crippen molar-refractivity contribution in [1.82, 2.24) is 0 Å². The largest absolute Gasteiger partial charge is 0.383 e. The lowest BCUT2D eigenvalue weighted by molar-refractivity contribution is 0.203. The Balaban J connectivity index is 2.37. The Bertz CT molecular complexity index is 199. The molecule has 0 bridgehead atoms. The zero-order valence-electron chi connectivity index (χ0n) is 6.84. The van der Waals surface area contributed by atoms with Crippen molar-refractivity contribution in [3.05, 3.63) is 42.4 Å². The zero-order chi connectivity index (χ0) is 8.10. The Kier molecular flexibility index (Phi) is 2.99. The summed E-state index contributed by atoms with van der Waals surface area (Å²) in [4.78, 5) is 0. The minimum Gasteiger partial charge on any atom is -0.383 e. The van der Waals surface area contributed by atoms with Crippen LogP contribution in [-0.2, 0) is 4.74 Å². The minimum atomic E-state index is 0.788. The van der Waals surface area contributed by atoms with Gasteiger partial charge in [0.1, 0.15) is 0 Å². The average Bonchev–Trinajstić information content (AvgIpc) is 2.04. The monoisotopic (exact) mass is 149 g/mol. The van der Waals surface area contributed by atoms with Crippen LogP contribution in [0.4, 0.5) is 0 Å². The number of allylic oxidation sites excluding steroid dienone is 4. The highest BCUT2D eigenvalue weighted by molar-refractivity contribution is 5.41. The highest BCUT2D eigenvalue weighted by atomic mass is 16.5. The van der Waals surface area contributed by atoms with Gasteiger partial charge in [0.25, 0.3) is 0 Å². The molecule has 1 nitrogen and oxygen atoms in total. The normalized spacial score (nSPS) is 16.1. The summed E-state index contributed by atoms with van der Waals surface area (Å²) < 4.78 is 4.96. The first-order valence-corrected chi connectivity index (χ1v) is 3.73. The summed E-state index contributed by atoms with van der Waals surface area (Å²) in [5, 5.41) is 0. The molecule has 0 amide bonds. The van der Waals surface area contributed by atoms with Gasteiger partial charge in [0.15, 0.2) is 0 Å². The van der Waals surface area contributed by atoms with Gasteiger partial charge >= 0.3 is 0 Å². The molecule has 1 rings (SSSR count). The Labute approximate surface area is 68.1 Å². The van der Waals surface area contributed by atoms with E-state index in [1.165, 1.54) is 5.57 Å². The van der Waals surface area contributed by atoms with Crippen molar-refractivity contribution in [2.24, 2.45) is 0 Å². The van der Waals surface area contributed by atoms with E-state index in [0.29, 0.717) is 0 Å². The fourth-order valence-electron chi connectivity index (χ4n) is 0.926. The summed E-state index contributed by atoms with van der Waals surface area (Å²) in [6, 6.07) is 0. The summed E-state index contributed by atoms with van der Waals surface area (Å²) in [6.45, 7) is 4.60. The number of rotatable bonds is 3. The van der Waals surface area contributed by atoms with Crippen LogP contribution in [0.3, 0.4) is 0 Å². The molecule has 0 radical (unpaired) electrons. The van der Waals surface area contributed by atoms with Crippen molar-refractivity contribution in [3.63, 3.8) is 0 Å². The summed E-state index contributed by atoms with van der Waals surface area (Å²) >= 11 is 0. The van der Waals surface area contributed by atoms with Crippen LogP contribution < -0.4 is 0 Å². The Hall–Kier alpha value is -0.950. The molecule has 0 aromatic carbocycles. The van der Waals surface area contributed by atoms with Crippen molar-refractivity contribution in [2.75, 3.05) is 13.7 Å². The van der Waals surface area contributed by atoms with E-state index in [1.54, 1.807) is 7.11 Å². The maximum absolute atomic E-state index is 4.96. The summed E-state index contributed by atoms with van der Waals surface area (Å²) in [5.74, 6) is 0. The van der Waals surface area contributed by atoms with Crippen molar-refractivity contribution in [2.45, 2.75) is 6.42 Å². The van der Waals surface area contributed by atoms with Crippen molar-refractivity contribution in [3.8, 4) is 0 Å². The van der Waals surface area contributed by atoms with Gasteiger partial charge in [-0.25, -0.2) is 0 Å². The van der Waals surface area contributed by atoms with Crippen molar-refractivity contribution >= 4 is 0 Å². The molecule has 0 spiro atoms. The van der Waals surface area contributed by atoms with Crippen molar-refractivity contribution < 1.29 is 4.74 Å². The van der Waals surface area contributed by atoms with Crippen LogP contribution in [0.2, 0.25) is 0 Å². The quantitative estimate of drug-likeness (QED) is 0.559. The highest BCUT2D eigenvalue weighted by Crippen LogP contribution is 2.14. The van der Waals surface area contributed by atoms with Gasteiger partial charge in [-0.1, -0.05) is 0 Å². The molecule has 0 aromatic heterocycles. The van der Waals surface area contributed by atoms with E-state index >= 15 is 0 Å². The van der Waals surface area contributed by atoms with E-state index in [9.17, 15) is 0 Å². The van der Waals surface area contributed by atoms with Gasteiger partial charge in [-0.15, -0.1) is 0 Å². The third kappa shape index (κ3) is 2.64. The van der Waals surface area contributed by atoms with Gasteiger partial charge in [-0.05, 0) is 6.58 Å². The molecule has 0 N–H and O–H groups in total. The van der Waals surface area contributed by atoms with E-state index in [4.69, 9.17) is 4.74 Å². The minimum absolute atomic E-state index is 0.788. The topological polar surface area (TPSA) is 9.23 Å². The molecule has 0 saturated heterocycles. The van der Waals surface area contributed by atoms with Crippen LogP contribution in [0.5, 0.6) is 0 Å². The van der Waals surface area contributed by atoms with Crippen LogP contribution in [0.1, 0.15) is 6.42 Å². The Morgan fingerprint density at radius 3 is 2.91 bits per heavy atom. The fourth-order valence-corrected chi connectivity index (χ4v) is 0.926. The molecule has 0 unspecified atom stereocenters. The molecule has 0 aromatic rings. The number of methoxy groups -OCH3 is 1. The molecule has 1 aliphatic carbocycles. The summed E-state index contributed by atoms with van der Waals surface area (Å²) in [6.07, 6.45) is 9.19. The highest BCUT2D eigenvalue weighted by Gasteiger charge is 2.05. The Morgan fingerprint density at radius 2 is 2.36 bits per heavy atom. The van der Waals surface area contributed by atoms with Gasteiger partial charge < -0.3 is 4.74 Å². The van der Waals surface area contributed by atoms with Crippen LogP contribution in [0, 0.1) is 6.42 Å². The molecular weight excluding hydrogens is 136 g/mol. The van der Waals surface area contributed by atoms with Crippen LogP contribution in [-0.4, -0.2) is 13.7 Å². The molecule has 0 heterocycles. The molecule has 0 aliphatic heterocycles. The second-order valence-electron chi connectivity index (χ2n) is 2.56. The predicted octanol–water partition coefficient (Wildman–Crippen LogP) is 2.28. The summed E-state index contributed by atoms with van der Waals surface area (Å²) in [7, 11) is 1.72. The third-order valence-electron chi connectivity index (χ3n) is 1.62. The average molecular weight is 149 g/mol. The zero-order valence-corrected chi connectivity index (χ0v) is 6.84. The SMILES string of the molecule is C=C1C=CC(CCOC)=C[CH+]1. The fraction of sp³-hybridized carbons (Fsp3) is 0.300. The first-order valence-electron chi connectivity index (χ1n) is 3.73. The van der Waals surface area contributed by atoms with E-state index in [1.807, 2.05) is 12.5 Å². The van der Waals surface area contributed by atoms with Gasteiger partial charge in [-0.2, -0.15) is 0 Å². The predicted molar refractivity (Wildman–Crippen MR) is 47.2 cm³/mol. The molecule has 11 heavy (non-hydrogen) atoms. The first-order chi connectivity index (χ1) is 5.33. The lowest BCUT2D eigenvalue weighted by Crippen LogP contribution is -1.93. The van der Waals surface area contributed by atoms with Gasteiger partial charge in [0.2, 0.25) is 0 Å². The van der Waals surface area contributed by atoms with Gasteiger partial charge in [0, 0.05) is 43.8 Å². The maximum Gasteiger partial charge on any atom is 0.0887 e. The molecule has 1 aliphatic rings. The molecule has 58 valence electrons. The number of hydrogen-bond donors (Lipinski definition) is 0. The Morgan fingerprint density at radius 1 is 1.55 bits per heavy atom. The maximum atomic E-state index is 4.96. The number of hydrogen-bond acceptors (Lipinski definition) is 1. The molecule has 0 fully saturated rings. The van der Waals surface area contributed by atoms with Crippen molar-refractivity contribution in [1.29, 1.82) is 0 Å². The lowest BCUT2D eigenvalue weighted by atomic mass is 10.0. The smallest absolute Gasteiger partial charge is 0.0887 e. The standard InChI is InChI=1S/C10H13O/c1-9-3-5-10(6-4-9)7-8-11-2/h3-6H,1,7-8H2,2H3/q+1. The molecular formula is C10H13O+.